The summed E-state index contributed by atoms with van der Waals surface area (Å²) in [5.74, 6) is -5.51. The smallest absolute Gasteiger partial charge is 0.475 e. The number of alkyl halides is 6. The van der Waals surface area contributed by atoms with Crippen molar-refractivity contribution in [3.63, 3.8) is 0 Å². The van der Waals surface area contributed by atoms with Crippen molar-refractivity contribution in [2.24, 2.45) is 0 Å². The summed E-state index contributed by atoms with van der Waals surface area (Å²) in [4.78, 5) is 33.0. The Morgan fingerprint density at radius 3 is 1.97 bits per heavy atom. The van der Waals surface area contributed by atoms with Gasteiger partial charge < -0.3 is 19.5 Å². The molecule has 0 aliphatic carbocycles. The van der Waals surface area contributed by atoms with Crippen molar-refractivity contribution >= 4 is 11.9 Å². The molecule has 0 radical (unpaired) electrons. The number of rotatable bonds is 4. The van der Waals surface area contributed by atoms with Crippen LogP contribution in [0.1, 0.15) is 11.4 Å². The van der Waals surface area contributed by atoms with E-state index >= 15 is 0 Å². The van der Waals surface area contributed by atoms with Gasteiger partial charge >= 0.3 is 30.3 Å². The van der Waals surface area contributed by atoms with Crippen LogP contribution in [0.25, 0.3) is 0 Å². The lowest BCUT2D eigenvalue weighted by atomic mass is 10.2. The molecule has 1 atom stereocenters. The van der Waals surface area contributed by atoms with Gasteiger partial charge in [0.25, 0.3) is 0 Å². The van der Waals surface area contributed by atoms with E-state index in [-0.39, 0.29) is 6.10 Å². The number of carboxylic acid groups (broad SMARTS) is 2. The van der Waals surface area contributed by atoms with Crippen LogP contribution in [0, 0.1) is 0 Å². The molecular weight excluding hydrogens is 528 g/mol. The van der Waals surface area contributed by atoms with Gasteiger partial charge in [0, 0.05) is 50.1 Å². The first-order valence-electron chi connectivity index (χ1n) is 10.6. The van der Waals surface area contributed by atoms with Gasteiger partial charge in [-0.2, -0.15) is 26.3 Å². The lowest BCUT2D eigenvalue weighted by molar-refractivity contribution is -0.193. The normalized spacial score (nSPS) is 15.5. The third-order valence-corrected chi connectivity index (χ3v) is 4.58. The molecule has 0 saturated heterocycles. The lowest BCUT2D eigenvalue weighted by Crippen LogP contribution is -2.35. The van der Waals surface area contributed by atoms with Crippen LogP contribution in [-0.2, 0) is 29.2 Å². The minimum atomic E-state index is -5.08. The molecule has 3 aromatic rings. The second-order valence-electron chi connectivity index (χ2n) is 7.52. The molecule has 10 nitrogen and oxygen atoms in total. The van der Waals surface area contributed by atoms with E-state index < -0.39 is 24.3 Å². The van der Waals surface area contributed by atoms with E-state index in [1.165, 1.54) is 5.69 Å². The van der Waals surface area contributed by atoms with Gasteiger partial charge in [0.15, 0.2) is 0 Å². The molecule has 206 valence electrons. The van der Waals surface area contributed by atoms with Crippen LogP contribution in [0.5, 0.6) is 6.01 Å². The molecule has 2 N–H and O–H groups in total. The van der Waals surface area contributed by atoms with E-state index in [1.807, 2.05) is 18.3 Å². The van der Waals surface area contributed by atoms with Gasteiger partial charge in [-0.15, -0.1) is 0 Å². The number of aliphatic carboxylic acids is 2. The van der Waals surface area contributed by atoms with Crippen LogP contribution in [-0.4, -0.2) is 71.6 Å². The maximum absolute atomic E-state index is 10.6. The Labute approximate surface area is 211 Å². The highest BCUT2D eigenvalue weighted by atomic mass is 19.4. The SMILES string of the molecule is O=C(O)C(F)(F)F.O=C(O)C(F)(F)F.c1ccc(CN2Cc3cccn3CC(Oc3ncccn3)C2)nc1. The minimum absolute atomic E-state index is 0.00948. The van der Waals surface area contributed by atoms with E-state index in [0.29, 0.717) is 6.01 Å². The fourth-order valence-corrected chi connectivity index (χ4v) is 3.04. The van der Waals surface area contributed by atoms with Gasteiger partial charge in [0.05, 0.1) is 12.2 Å². The topological polar surface area (TPSA) is 131 Å². The molecule has 0 saturated carbocycles. The second kappa shape index (κ2) is 13.4. The number of nitrogens with zero attached hydrogens (tertiary/aromatic N) is 5. The average Bonchev–Trinajstić information content (AvgIpc) is 3.19. The molecule has 0 fully saturated rings. The number of halogens is 6. The van der Waals surface area contributed by atoms with Crippen LogP contribution in [0.15, 0.2) is 61.2 Å². The number of aromatic nitrogens is 4. The zero-order chi connectivity index (χ0) is 28.3. The quantitative estimate of drug-likeness (QED) is 0.470. The molecule has 16 heteroatoms. The molecule has 1 aliphatic rings. The van der Waals surface area contributed by atoms with Crippen LogP contribution in [0.3, 0.4) is 0 Å². The molecule has 0 bridgehead atoms. The number of ether oxygens (including phenoxy) is 1. The summed E-state index contributed by atoms with van der Waals surface area (Å²) >= 11 is 0. The van der Waals surface area contributed by atoms with Gasteiger partial charge in [-0.05, 0) is 30.3 Å². The Hall–Kier alpha value is -4.21. The molecule has 3 aromatic heterocycles. The average molecular weight is 549 g/mol. The van der Waals surface area contributed by atoms with Crippen molar-refractivity contribution < 1.29 is 50.9 Å². The zero-order valence-electron chi connectivity index (χ0n) is 19.3. The van der Waals surface area contributed by atoms with E-state index in [0.717, 1.165) is 31.9 Å². The Kier molecular flexibility index (Phi) is 10.6. The number of carbonyl (C=O) groups is 2. The predicted octanol–water partition coefficient (Wildman–Crippen LogP) is 3.40. The molecular formula is C22H21F6N5O5. The Balaban J connectivity index is 0.000000301. The maximum Gasteiger partial charge on any atom is 0.490 e. The molecule has 38 heavy (non-hydrogen) atoms. The van der Waals surface area contributed by atoms with Gasteiger partial charge in [-0.25, -0.2) is 19.6 Å². The Morgan fingerprint density at radius 1 is 0.868 bits per heavy atom. The van der Waals surface area contributed by atoms with Crippen LogP contribution >= 0.6 is 0 Å². The van der Waals surface area contributed by atoms with E-state index in [1.54, 1.807) is 18.5 Å². The standard InChI is InChI=1S/C18H19N5O.2C2HF3O2/c1-2-7-19-15(5-1)11-22-12-16-6-3-10-23(16)14-17(13-22)24-18-20-8-4-9-21-18;2*3-2(4,5)1(6)7/h1-10,17H,11-14H2;2*(H,6,7). The zero-order valence-corrected chi connectivity index (χ0v) is 19.3. The molecule has 0 spiro atoms. The highest BCUT2D eigenvalue weighted by Crippen LogP contribution is 2.18. The van der Waals surface area contributed by atoms with Gasteiger partial charge in [-0.1, -0.05) is 6.07 Å². The fraction of sp³-hybridized carbons (Fsp3) is 0.318. The summed E-state index contributed by atoms with van der Waals surface area (Å²) in [6.45, 7) is 3.26. The largest absolute Gasteiger partial charge is 0.490 e. The second-order valence-corrected chi connectivity index (χ2v) is 7.52. The molecule has 0 amide bonds. The van der Waals surface area contributed by atoms with Crippen molar-refractivity contribution in [3.05, 3.63) is 72.6 Å². The number of hydrogen-bond donors (Lipinski definition) is 2. The lowest BCUT2D eigenvalue weighted by Gasteiger charge is -2.23. The first-order valence-corrected chi connectivity index (χ1v) is 10.6. The van der Waals surface area contributed by atoms with E-state index in [2.05, 4.69) is 48.8 Å². The molecule has 1 unspecified atom stereocenters. The van der Waals surface area contributed by atoms with Gasteiger partial charge in [0.2, 0.25) is 0 Å². The van der Waals surface area contributed by atoms with Crippen LogP contribution in [0.2, 0.25) is 0 Å². The number of fused-ring (bicyclic) bond motifs is 1. The summed E-state index contributed by atoms with van der Waals surface area (Å²) in [7, 11) is 0. The monoisotopic (exact) mass is 549 g/mol. The minimum Gasteiger partial charge on any atom is -0.475 e. The molecule has 0 aromatic carbocycles. The van der Waals surface area contributed by atoms with Crippen molar-refractivity contribution in [1.82, 2.24) is 24.4 Å². The van der Waals surface area contributed by atoms with Crippen LogP contribution in [0.4, 0.5) is 26.3 Å². The van der Waals surface area contributed by atoms with Gasteiger partial charge in [0.1, 0.15) is 6.10 Å². The molecule has 4 rings (SSSR count). The third kappa shape index (κ3) is 10.4. The highest BCUT2D eigenvalue weighted by Gasteiger charge is 2.38. The van der Waals surface area contributed by atoms with Crippen LogP contribution < -0.4 is 4.74 Å². The van der Waals surface area contributed by atoms with Crippen molar-refractivity contribution in [1.29, 1.82) is 0 Å². The highest BCUT2D eigenvalue weighted by molar-refractivity contribution is 5.73. The summed E-state index contributed by atoms with van der Waals surface area (Å²) in [6.07, 6.45) is -2.84. The maximum atomic E-state index is 10.6. The van der Waals surface area contributed by atoms with Crippen molar-refractivity contribution in [2.45, 2.75) is 38.1 Å². The first kappa shape index (κ1) is 30.0. The fourth-order valence-electron chi connectivity index (χ4n) is 3.04. The van der Waals surface area contributed by atoms with Gasteiger partial charge in [-0.3, -0.25) is 9.88 Å². The Morgan fingerprint density at radius 2 is 1.45 bits per heavy atom. The van der Waals surface area contributed by atoms with Crippen molar-refractivity contribution in [2.75, 3.05) is 6.54 Å². The van der Waals surface area contributed by atoms with Crippen molar-refractivity contribution in [3.8, 4) is 6.01 Å². The molecule has 1 aliphatic heterocycles. The first-order chi connectivity index (χ1) is 17.8. The predicted molar refractivity (Wildman–Crippen MR) is 117 cm³/mol. The summed E-state index contributed by atoms with van der Waals surface area (Å²) < 4.78 is 71.7. The summed E-state index contributed by atoms with van der Waals surface area (Å²) in [6, 6.07) is 12.5. The number of carboxylic acids is 2. The number of hydrogen-bond acceptors (Lipinski definition) is 7. The Bertz CT molecular complexity index is 1070. The molecule has 4 heterocycles. The number of pyridine rings is 1. The summed E-state index contributed by atoms with van der Waals surface area (Å²) in [5, 5.41) is 14.2. The summed E-state index contributed by atoms with van der Waals surface area (Å²) in [5.41, 5.74) is 2.35. The van der Waals surface area contributed by atoms with E-state index in [9.17, 15) is 26.3 Å². The third-order valence-electron chi connectivity index (χ3n) is 4.58. The van der Waals surface area contributed by atoms with E-state index in [4.69, 9.17) is 24.5 Å².